The molecule has 0 saturated carbocycles. The van der Waals surface area contributed by atoms with E-state index in [1.54, 1.807) is 0 Å². The summed E-state index contributed by atoms with van der Waals surface area (Å²) in [7, 11) is 0. The van der Waals surface area contributed by atoms with E-state index >= 15 is 0 Å². The quantitative estimate of drug-likeness (QED) is 0.405. The van der Waals surface area contributed by atoms with Gasteiger partial charge in [-0.1, -0.05) is 0 Å². The van der Waals surface area contributed by atoms with Crippen LogP contribution in [0.1, 0.15) is 6.92 Å². The largest absolute Gasteiger partial charge is 0.476 e. The number of nitrogens with two attached hydrogens (primary N) is 1. The lowest BCUT2D eigenvalue weighted by Crippen LogP contribution is -2.21. The van der Waals surface area contributed by atoms with Crippen LogP contribution in [-0.4, -0.2) is 33.8 Å². The Hall–Kier alpha value is -1.92. The lowest BCUT2D eigenvalue weighted by molar-refractivity contribution is -0.148. The van der Waals surface area contributed by atoms with Crippen molar-refractivity contribution in [3.8, 4) is 0 Å². The number of rotatable bonds is 1. The SMILES string of the molecule is CC(=O)C(=O)O.NC(=O)C(=O)O. The van der Waals surface area contributed by atoms with Crippen molar-refractivity contribution in [1.29, 1.82) is 0 Å². The minimum Gasteiger partial charge on any atom is -0.476 e. The first-order valence-electron chi connectivity index (χ1n) is 2.55. The number of amides is 1. The van der Waals surface area contributed by atoms with Gasteiger partial charge in [0, 0.05) is 6.92 Å². The van der Waals surface area contributed by atoms with Gasteiger partial charge in [-0.2, -0.15) is 0 Å². The molecule has 0 aliphatic carbocycles. The highest BCUT2D eigenvalue weighted by molar-refractivity contribution is 6.31. The topological polar surface area (TPSA) is 135 Å². The highest BCUT2D eigenvalue weighted by Gasteiger charge is 2.00. The Morgan fingerprint density at radius 3 is 1.17 bits per heavy atom. The minimum absolute atomic E-state index is 0.824. The van der Waals surface area contributed by atoms with E-state index in [0.29, 0.717) is 0 Å². The maximum atomic E-state index is 9.54. The fourth-order valence-electron chi connectivity index (χ4n) is 0. The molecule has 0 heterocycles. The second-order valence-electron chi connectivity index (χ2n) is 1.53. The van der Waals surface area contributed by atoms with Crippen LogP contribution in [0.2, 0.25) is 0 Å². The molecular weight excluding hydrogens is 170 g/mol. The molecule has 12 heavy (non-hydrogen) atoms. The number of ketones is 1. The average Bonchev–Trinajstić information content (AvgIpc) is 1.88. The number of hydrogen-bond acceptors (Lipinski definition) is 4. The van der Waals surface area contributed by atoms with E-state index in [0.717, 1.165) is 6.92 Å². The molecule has 0 spiro atoms. The second kappa shape index (κ2) is 5.83. The minimum atomic E-state index is -1.60. The summed E-state index contributed by atoms with van der Waals surface area (Å²) >= 11 is 0. The predicted octanol–water partition coefficient (Wildman–Crippen LogP) is -1.78. The lowest BCUT2D eigenvalue weighted by atomic mass is 10.5. The smallest absolute Gasteiger partial charge is 0.394 e. The van der Waals surface area contributed by atoms with Crippen molar-refractivity contribution >= 4 is 23.6 Å². The molecule has 0 aliphatic heterocycles. The number of primary amides is 1. The third-order valence-corrected chi connectivity index (χ3v) is 0.512. The highest BCUT2D eigenvalue weighted by atomic mass is 16.4. The zero-order valence-corrected chi connectivity index (χ0v) is 6.10. The molecule has 0 unspecified atom stereocenters. The van der Waals surface area contributed by atoms with Gasteiger partial charge in [0.25, 0.3) is 0 Å². The summed E-state index contributed by atoms with van der Waals surface area (Å²) in [5.74, 6) is -5.13. The number of carbonyl (C=O) groups excluding carboxylic acids is 2. The first kappa shape index (κ1) is 12.7. The molecule has 0 fully saturated rings. The third kappa shape index (κ3) is 11.0. The number of Topliss-reactive ketones (excluding diaryl/α,β-unsaturated/α-hetero) is 1. The van der Waals surface area contributed by atoms with Crippen molar-refractivity contribution in [2.45, 2.75) is 6.92 Å². The molecule has 0 aromatic rings. The number of carbonyl (C=O) groups is 4. The molecule has 0 radical (unpaired) electrons. The van der Waals surface area contributed by atoms with Crippen LogP contribution >= 0.6 is 0 Å². The lowest BCUT2D eigenvalue weighted by Gasteiger charge is -1.74. The van der Waals surface area contributed by atoms with Crippen molar-refractivity contribution in [2.75, 3.05) is 0 Å². The summed E-state index contributed by atoms with van der Waals surface area (Å²) < 4.78 is 0. The summed E-state index contributed by atoms with van der Waals surface area (Å²) in [6.07, 6.45) is 0. The van der Waals surface area contributed by atoms with Gasteiger partial charge in [0.05, 0.1) is 0 Å². The van der Waals surface area contributed by atoms with E-state index in [-0.39, 0.29) is 0 Å². The summed E-state index contributed by atoms with van der Waals surface area (Å²) in [6, 6.07) is 0. The van der Waals surface area contributed by atoms with E-state index < -0.39 is 23.6 Å². The van der Waals surface area contributed by atoms with Crippen LogP contribution < -0.4 is 5.73 Å². The number of aliphatic carboxylic acids is 2. The van der Waals surface area contributed by atoms with Crippen LogP contribution in [0.5, 0.6) is 0 Å². The molecule has 68 valence electrons. The molecular formula is C5H7NO6. The van der Waals surface area contributed by atoms with Gasteiger partial charge in [0.15, 0.2) is 0 Å². The Labute approximate surface area is 66.8 Å². The van der Waals surface area contributed by atoms with Crippen LogP contribution in [-0.2, 0) is 19.2 Å². The molecule has 7 nitrogen and oxygen atoms in total. The molecule has 0 aliphatic rings. The Morgan fingerprint density at radius 2 is 1.17 bits per heavy atom. The van der Waals surface area contributed by atoms with Crippen LogP contribution in [0.25, 0.3) is 0 Å². The van der Waals surface area contributed by atoms with Gasteiger partial charge >= 0.3 is 17.8 Å². The van der Waals surface area contributed by atoms with E-state index in [4.69, 9.17) is 10.2 Å². The molecule has 0 aromatic heterocycles. The summed E-state index contributed by atoms with van der Waals surface area (Å²) in [6.45, 7) is 1.00. The monoisotopic (exact) mass is 177 g/mol. The van der Waals surface area contributed by atoms with Gasteiger partial charge in [-0.25, -0.2) is 9.59 Å². The summed E-state index contributed by atoms with van der Waals surface area (Å²) in [5.41, 5.74) is 4.20. The second-order valence-corrected chi connectivity index (χ2v) is 1.53. The van der Waals surface area contributed by atoms with Crippen molar-refractivity contribution in [2.24, 2.45) is 5.73 Å². The van der Waals surface area contributed by atoms with Crippen molar-refractivity contribution in [3.05, 3.63) is 0 Å². The molecule has 0 saturated heterocycles. The van der Waals surface area contributed by atoms with E-state index in [2.05, 4.69) is 5.73 Å². The van der Waals surface area contributed by atoms with Gasteiger partial charge in [0.2, 0.25) is 5.78 Å². The molecule has 0 rings (SSSR count). The fraction of sp³-hybridized carbons (Fsp3) is 0.200. The van der Waals surface area contributed by atoms with Gasteiger partial charge in [-0.15, -0.1) is 0 Å². The maximum Gasteiger partial charge on any atom is 0.394 e. The molecule has 1 amide bonds. The maximum absolute atomic E-state index is 9.54. The van der Waals surface area contributed by atoms with Gasteiger partial charge in [-0.3, -0.25) is 9.59 Å². The van der Waals surface area contributed by atoms with E-state index in [9.17, 15) is 19.2 Å². The fourth-order valence-corrected chi connectivity index (χ4v) is 0. The highest BCUT2D eigenvalue weighted by Crippen LogP contribution is 1.61. The average molecular weight is 177 g/mol. The standard InChI is InChI=1S/C3H4O3.C2H3NO3/c1-2(4)3(5)6;3-1(4)2(5)6/h1H3,(H,5,6);(H2,3,4)(H,5,6). The van der Waals surface area contributed by atoms with Gasteiger partial charge < -0.3 is 15.9 Å². The van der Waals surface area contributed by atoms with Gasteiger partial charge in [-0.05, 0) is 0 Å². The zero-order chi connectivity index (χ0) is 10.3. The first-order valence-corrected chi connectivity index (χ1v) is 2.55. The van der Waals surface area contributed by atoms with Crippen molar-refractivity contribution < 1.29 is 29.4 Å². The van der Waals surface area contributed by atoms with Crippen LogP contribution in [0.3, 0.4) is 0 Å². The first-order chi connectivity index (χ1) is 5.29. The van der Waals surface area contributed by atoms with Gasteiger partial charge in [0.1, 0.15) is 0 Å². The van der Waals surface area contributed by atoms with Crippen LogP contribution in [0.4, 0.5) is 0 Å². The Balaban J connectivity index is 0. The third-order valence-electron chi connectivity index (χ3n) is 0.512. The zero-order valence-electron chi connectivity index (χ0n) is 6.10. The summed E-state index contributed by atoms with van der Waals surface area (Å²) in [5, 5.41) is 15.2. The summed E-state index contributed by atoms with van der Waals surface area (Å²) in [4.78, 5) is 37.4. The normalized spacial score (nSPS) is 7.42. The number of carboxylic acid groups (broad SMARTS) is 2. The van der Waals surface area contributed by atoms with Crippen LogP contribution in [0, 0.1) is 0 Å². The molecule has 4 N–H and O–H groups in total. The number of hydrogen-bond donors (Lipinski definition) is 3. The Kier molecular flexibility index (Phi) is 6.19. The molecule has 0 aromatic carbocycles. The van der Waals surface area contributed by atoms with Crippen LogP contribution in [0.15, 0.2) is 0 Å². The van der Waals surface area contributed by atoms with E-state index in [1.165, 1.54) is 0 Å². The Bertz CT molecular complexity index is 172. The molecule has 0 atom stereocenters. The molecule has 7 heteroatoms. The number of carboxylic acids is 2. The van der Waals surface area contributed by atoms with Crippen molar-refractivity contribution in [3.63, 3.8) is 0 Å². The molecule has 0 bridgehead atoms. The van der Waals surface area contributed by atoms with Crippen molar-refractivity contribution in [1.82, 2.24) is 0 Å². The predicted molar refractivity (Wildman–Crippen MR) is 35.1 cm³/mol. The Morgan fingerprint density at radius 1 is 1.00 bits per heavy atom. The van der Waals surface area contributed by atoms with E-state index in [1.807, 2.05) is 0 Å².